The second kappa shape index (κ2) is 7.13. The number of aryl methyl sites for hydroxylation is 1. The monoisotopic (exact) mass is 370 g/mol. The fraction of sp³-hybridized carbons (Fsp3) is 0.208. The minimum atomic E-state index is 0.788. The first kappa shape index (κ1) is 17.0. The highest BCUT2D eigenvalue weighted by molar-refractivity contribution is 5.93. The van der Waals surface area contributed by atoms with Crippen molar-refractivity contribution < 1.29 is 9.30 Å². The van der Waals surface area contributed by atoms with Crippen LogP contribution in [0.15, 0.2) is 60.8 Å². The van der Waals surface area contributed by atoms with Crippen LogP contribution in [0.1, 0.15) is 11.3 Å². The minimum Gasteiger partial charge on any atom is -0.378 e. The van der Waals surface area contributed by atoms with Gasteiger partial charge in [-0.25, -0.2) is 0 Å². The number of ether oxygens (including phenoxy) is 1. The van der Waals surface area contributed by atoms with Gasteiger partial charge in [0.25, 0.3) is 0 Å². The highest BCUT2D eigenvalue weighted by Gasteiger charge is 2.20. The lowest BCUT2D eigenvalue weighted by atomic mass is 10.1. The molecular formula is C24H24N3O+. The highest BCUT2D eigenvalue weighted by atomic mass is 16.5. The average Bonchev–Trinajstić information content (AvgIpc) is 3.17. The molecule has 140 valence electrons. The number of rotatable bonds is 3. The van der Waals surface area contributed by atoms with Gasteiger partial charge in [0.15, 0.2) is 0 Å². The van der Waals surface area contributed by atoms with Crippen molar-refractivity contribution in [1.29, 1.82) is 0 Å². The number of hydrogen-bond acceptors (Lipinski definition) is 2. The molecule has 0 bridgehead atoms. The Morgan fingerprint density at radius 1 is 0.964 bits per heavy atom. The molecule has 2 aromatic heterocycles. The van der Waals surface area contributed by atoms with Crippen molar-refractivity contribution in [2.45, 2.75) is 0 Å². The van der Waals surface area contributed by atoms with E-state index >= 15 is 0 Å². The van der Waals surface area contributed by atoms with E-state index in [4.69, 9.17) is 4.74 Å². The molecule has 0 amide bonds. The molecule has 4 aromatic rings. The van der Waals surface area contributed by atoms with Gasteiger partial charge < -0.3 is 14.6 Å². The quantitative estimate of drug-likeness (QED) is 0.550. The van der Waals surface area contributed by atoms with Crippen LogP contribution in [0.25, 0.3) is 34.0 Å². The number of aromatic amines is 1. The Hall–Kier alpha value is -3.11. The maximum Gasteiger partial charge on any atom is 0.214 e. The lowest BCUT2D eigenvalue weighted by Gasteiger charge is -2.29. The summed E-state index contributed by atoms with van der Waals surface area (Å²) in [6.45, 7) is 3.44. The summed E-state index contributed by atoms with van der Waals surface area (Å²) in [6, 6.07) is 19.4. The first-order chi connectivity index (χ1) is 13.8. The highest BCUT2D eigenvalue weighted by Crippen LogP contribution is 2.27. The minimum absolute atomic E-state index is 0.788. The van der Waals surface area contributed by atoms with Crippen LogP contribution >= 0.6 is 0 Å². The van der Waals surface area contributed by atoms with E-state index in [0.29, 0.717) is 0 Å². The molecule has 0 aliphatic carbocycles. The summed E-state index contributed by atoms with van der Waals surface area (Å²) in [7, 11) is 2.14. The van der Waals surface area contributed by atoms with Gasteiger partial charge >= 0.3 is 0 Å². The first-order valence-corrected chi connectivity index (χ1v) is 9.80. The molecule has 1 aliphatic heterocycles. The van der Waals surface area contributed by atoms with Crippen molar-refractivity contribution >= 4 is 39.6 Å². The zero-order chi connectivity index (χ0) is 18.9. The number of para-hydroxylation sites is 2. The summed E-state index contributed by atoms with van der Waals surface area (Å²) in [4.78, 5) is 5.79. The van der Waals surface area contributed by atoms with Crippen molar-refractivity contribution in [3.8, 4) is 0 Å². The van der Waals surface area contributed by atoms with Crippen LogP contribution in [0.5, 0.6) is 0 Å². The summed E-state index contributed by atoms with van der Waals surface area (Å²) < 4.78 is 7.83. The molecule has 1 N–H and O–H groups in total. The van der Waals surface area contributed by atoms with Crippen molar-refractivity contribution in [2.24, 2.45) is 7.05 Å². The molecule has 2 aromatic carbocycles. The Morgan fingerprint density at radius 3 is 2.57 bits per heavy atom. The number of anilines is 1. The number of H-pyrrole nitrogens is 1. The number of hydrogen-bond donors (Lipinski definition) is 1. The lowest BCUT2D eigenvalue weighted by molar-refractivity contribution is -0.646. The molecule has 1 aliphatic rings. The van der Waals surface area contributed by atoms with E-state index in [2.05, 4.69) is 94.4 Å². The summed E-state index contributed by atoms with van der Waals surface area (Å²) in [6.07, 6.45) is 6.49. The van der Waals surface area contributed by atoms with Crippen LogP contribution in [0.2, 0.25) is 0 Å². The largest absolute Gasteiger partial charge is 0.378 e. The molecule has 0 radical (unpaired) electrons. The van der Waals surface area contributed by atoms with Gasteiger partial charge in [0.05, 0.1) is 24.3 Å². The maximum atomic E-state index is 5.56. The first-order valence-electron chi connectivity index (χ1n) is 9.80. The van der Waals surface area contributed by atoms with E-state index in [1.165, 1.54) is 38.8 Å². The molecule has 5 rings (SSSR count). The lowest BCUT2D eigenvalue weighted by Crippen LogP contribution is -2.38. The molecule has 4 heteroatoms. The van der Waals surface area contributed by atoms with Crippen LogP contribution in [0.4, 0.5) is 5.69 Å². The number of aromatic nitrogens is 2. The van der Waals surface area contributed by atoms with Gasteiger partial charge in [-0.2, -0.15) is 4.57 Å². The summed E-state index contributed by atoms with van der Waals surface area (Å²) >= 11 is 0. The molecule has 0 atom stereocenters. The normalized spacial score (nSPS) is 15.1. The van der Waals surface area contributed by atoms with Crippen LogP contribution in [-0.4, -0.2) is 31.3 Å². The van der Waals surface area contributed by atoms with Gasteiger partial charge in [-0.05, 0) is 23.8 Å². The number of morpholine rings is 1. The molecule has 1 fully saturated rings. The molecule has 4 nitrogen and oxygen atoms in total. The third-order valence-corrected chi connectivity index (χ3v) is 5.62. The second-order valence-corrected chi connectivity index (χ2v) is 7.25. The zero-order valence-electron chi connectivity index (χ0n) is 16.1. The number of benzene rings is 2. The van der Waals surface area contributed by atoms with Crippen LogP contribution in [-0.2, 0) is 11.8 Å². The third kappa shape index (κ3) is 2.96. The van der Waals surface area contributed by atoms with Crippen LogP contribution < -0.4 is 9.47 Å². The van der Waals surface area contributed by atoms with E-state index in [9.17, 15) is 0 Å². The van der Waals surface area contributed by atoms with E-state index < -0.39 is 0 Å². The van der Waals surface area contributed by atoms with Gasteiger partial charge in [-0.1, -0.05) is 30.3 Å². The van der Waals surface area contributed by atoms with Crippen molar-refractivity contribution in [3.63, 3.8) is 0 Å². The predicted octanol–water partition coefficient (Wildman–Crippen LogP) is 4.15. The van der Waals surface area contributed by atoms with Crippen LogP contribution in [0, 0.1) is 0 Å². The number of nitrogens with one attached hydrogen (secondary N) is 1. The summed E-state index contributed by atoms with van der Waals surface area (Å²) in [5.41, 5.74) is 6.09. The van der Waals surface area contributed by atoms with E-state index in [0.717, 1.165) is 26.3 Å². The molecular weight excluding hydrogens is 346 g/mol. The Labute approximate surface area is 164 Å². The second-order valence-electron chi connectivity index (χ2n) is 7.25. The topological polar surface area (TPSA) is 32.1 Å². The van der Waals surface area contributed by atoms with Crippen molar-refractivity contribution in [2.75, 3.05) is 31.2 Å². The molecule has 0 spiro atoms. The van der Waals surface area contributed by atoms with Gasteiger partial charge in [0.1, 0.15) is 7.05 Å². The fourth-order valence-corrected chi connectivity index (χ4v) is 4.07. The van der Waals surface area contributed by atoms with Crippen molar-refractivity contribution in [1.82, 2.24) is 4.98 Å². The van der Waals surface area contributed by atoms with E-state index in [1.807, 2.05) is 0 Å². The fourth-order valence-electron chi connectivity index (χ4n) is 4.07. The third-order valence-electron chi connectivity index (χ3n) is 5.62. The number of nitrogens with zero attached hydrogens (tertiary/aromatic N) is 2. The number of pyridine rings is 1. The van der Waals surface area contributed by atoms with Gasteiger partial charge in [-0.3, -0.25) is 0 Å². The Kier molecular flexibility index (Phi) is 4.34. The SMILES string of the molecule is C[n+]1c(/C=C/c2c[nH]c3ccccc23)cc(N2CCOCC2)c2ccccc21. The Bertz CT molecular complexity index is 1170. The average molecular weight is 370 g/mol. The van der Waals surface area contributed by atoms with Gasteiger partial charge in [0, 0.05) is 48.4 Å². The van der Waals surface area contributed by atoms with Crippen LogP contribution in [0.3, 0.4) is 0 Å². The van der Waals surface area contributed by atoms with E-state index in [-0.39, 0.29) is 0 Å². The van der Waals surface area contributed by atoms with Gasteiger partial charge in [-0.15, -0.1) is 0 Å². The number of fused-ring (bicyclic) bond motifs is 2. The zero-order valence-corrected chi connectivity index (χ0v) is 16.1. The van der Waals surface area contributed by atoms with Crippen molar-refractivity contribution in [3.05, 3.63) is 72.1 Å². The molecule has 1 saturated heterocycles. The van der Waals surface area contributed by atoms with E-state index in [1.54, 1.807) is 0 Å². The Morgan fingerprint density at radius 2 is 1.71 bits per heavy atom. The predicted molar refractivity (Wildman–Crippen MR) is 115 cm³/mol. The standard InChI is InChI=1S/C24H23N3O/c1-26-19(11-10-18-17-25-22-8-4-2-6-20(18)22)16-24(27-12-14-28-15-13-27)21-7-3-5-9-23(21)26/h2-11,16-17H,12-15H2,1H3/p+1. The molecule has 0 saturated carbocycles. The van der Waals surface area contributed by atoms with Gasteiger partial charge in [0.2, 0.25) is 11.2 Å². The Balaban J connectivity index is 1.61. The maximum absolute atomic E-state index is 5.56. The summed E-state index contributed by atoms with van der Waals surface area (Å²) in [5, 5.41) is 2.53. The summed E-state index contributed by atoms with van der Waals surface area (Å²) in [5.74, 6) is 0. The molecule has 0 unspecified atom stereocenters. The molecule has 28 heavy (non-hydrogen) atoms. The molecule has 3 heterocycles. The smallest absolute Gasteiger partial charge is 0.214 e.